The molecule has 1 fully saturated rings. The van der Waals surface area contributed by atoms with Gasteiger partial charge in [-0.05, 0) is 40.4 Å². The Morgan fingerprint density at radius 1 is 1.50 bits per heavy atom. The van der Waals surface area contributed by atoms with Gasteiger partial charge in [-0.15, -0.1) is 0 Å². The van der Waals surface area contributed by atoms with Crippen LogP contribution in [0, 0.1) is 0 Å². The lowest BCUT2D eigenvalue weighted by Gasteiger charge is -2.41. The SMILES string of the molecule is CC(C)NC(C)(CO)CN(C)C1CCCN(C)C1. The molecule has 4 heteroatoms. The normalized spacial score (nSPS) is 25.7. The number of likely N-dealkylation sites (N-methyl/N-ethyl adjacent to an activating group) is 2. The van der Waals surface area contributed by atoms with Gasteiger partial charge in [0.05, 0.1) is 12.1 Å². The molecule has 1 heterocycles. The molecular weight excluding hydrogens is 226 g/mol. The molecule has 18 heavy (non-hydrogen) atoms. The summed E-state index contributed by atoms with van der Waals surface area (Å²) in [5.74, 6) is 0. The summed E-state index contributed by atoms with van der Waals surface area (Å²) in [5.41, 5.74) is -0.209. The van der Waals surface area contributed by atoms with Gasteiger partial charge in [-0.1, -0.05) is 13.8 Å². The van der Waals surface area contributed by atoms with E-state index in [1.165, 1.54) is 19.4 Å². The Balaban J connectivity index is 2.52. The average Bonchev–Trinajstić information content (AvgIpc) is 2.27. The number of rotatable bonds is 6. The van der Waals surface area contributed by atoms with Crippen LogP contribution >= 0.6 is 0 Å². The number of hydrogen-bond acceptors (Lipinski definition) is 4. The first-order valence-corrected chi connectivity index (χ1v) is 7.13. The molecule has 4 nitrogen and oxygen atoms in total. The highest BCUT2D eigenvalue weighted by atomic mass is 16.3. The quantitative estimate of drug-likeness (QED) is 0.737. The number of nitrogens with zero attached hydrogens (tertiary/aromatic N) is 2. The van der Waals surface area contributed by atoms with E-state index in [4.69, 9.17) is 0 Å². The molecule has 1 rings (SSSR count). The maximum atomic E-state index is 9.63. The summed E-state index contributed by atoms with van der Waals surface area (Å²) in [6.45, 7) is 9.78. The third kappa shape index (κ3) is 4.84. The highest BCUT2D eigenvalue weighted by Crippen LogP contribution is 2.16. The van der Waals surface area contributed by atoms with Gasteiger partial charge >= 0.3 is 0 Å². The molecule has 0 aromatic carbocycles. The fourth-order valence-corrected chi connectivity index (χ4v) is 3.02. The number of aliphatic hydroxyl groups excluding tert-OH is 1. The molecule has 0 spiro atoms. The van der Waals surface area contributed by atoms with Gasteiger partial charge in [-0.25, -0.2) is 0 Å². The molecule has 2 atom stereocenters. The molecule has 1 aliphatic heterocycles. The van der Waals surface area contributed by atoms with E-state index in [2.05, 4.69) is 50.0 Å². The molecule has 0 aromatic heterocycles. The van der Waals surface area contributed by atoms with Crippen LogP contribution in [0.25, 0.3) is 0 Å². The number of likely N-dealkylation sites (tertiary alicyclic amines) is 1. The van der Waals surface area contributed by atoms with Crippen LogP contribution in [0.4, 0.5) is 0 Å². The minimum Gasteiger partial charge on any atom is -0.394 e. The first-order valence-electron chi connectivity index (χ1n) is 7.13. The number of piperidine rings is 1. The minimum absolute atomic E-state index is 0.179. The van der Waals surface area contributed by atoms with Gasteiger partial charge in [0.1, 0.15) is 0 Å². The van der Waals surface area contributed by atoms with E-state index < -0.39 is 0 Å². The summed E-state index contributed by atoms with van der Waals surface area (Å²) in [6.07, 6.45) is 2.54. The van der Waals surface area contributed by atoms with Crippen LogP contribution in [0.3, 0.4) is 0 Å². The van der Waals surface area contributed by atoms with Crippen molar-refractivity contribution in [2.24, 2.45) is 0 Å². The second kappa shape index (κ2) is 6.85. The zero-order valence-electron chi connectivity index (χ0n) is 12.7. The van der Waals surface area contributed by atoms with Gasteiger partial charge in [0.2, 0.25) is 0 Å². The van der Waals surface area contributed by atoms with Crippen molar-refractivity contribution in [3.05, 3.63) is 0 Å². The van der Waals surface area contributed by atoms with E-state index in [9.17, 15) is 5.11 Å². The maximum Gasteiger partial charge on any atom is 0.0623 e. The topological polar surface area (TPSA) is 38.7 Å². The van der Waals surface area contributed by atoms with E-state index in [1.807, 2.05) is 0 Å². The fourth-order valence-electron chi connectivity index (χ4n) is 3.02. The largest absolute Gasteiger partial charge is 0.394 e. The highest BCUT2D eigenvalue weighted by Gasteiger charge is 2.29. The van der Waals surface area contributed by atoms with Crippen molar-refractivity contribution < 1.29 is 5.11 Å². The molecule has 0 aliphatic carbocycles. The van der Waals surface area contributed by atoms with Crippen LogP contribution in [-0.2, 0) is 0 Å². The number of hydrogen-bond donors (Lipinski definition) is 2. The van der Waals surface area contributed by atoms with E-state index >= 15 is 0 Å². The first-order chi connectivity index (χ1) is 8.36. The van der Waals surface area contributed by atoms with Gasteiger partial charge in [0.15, 0.2) is 0 Å². The zero-order valence-corrected chi connectivity index (χ0v) is 12.7. The minimum atomic E-state index is -0.209. The summed E-state index contributed by atoms with van der Waals surface area (Å²) < 4.78 is 0. The van der Waals surface area contributed by atoms with Crippen molar-refractivity contribution in [1.29, 1.82) is 0 Å². The number of nitrogens with one attached hydrogen (secondary N) is 1. The first kappa shape index (κ1) is 15.9. The zero-order chi connectivity index (χ0) is 13.8. The molecule has 108 valence electrons. The molecule has 2 unspecified atom stereocenters. The van der Waals surface area contributed by atoms with Crippen LogP contribution in [0.15, 0.2) is 0 Å². The molecule has 1 aliphatic rings. The summed E-state index contributed by atoms with van der Waals surface area (Å²) in [7, 11) is 4.37. The summed E-state index contributed by atoms with van der Waals surface area (Å²) in [5, 5.41) is 13.1. The monoisotopic (exact) mass is 257 g/mol. The molecule has 1 saturated heterocycles. The predicted molar refractivity (Wildman–Crippen MR) is 76.9 cm³/mol. The molecule has 0 radical (unpaired) electrons. The van der Waals surface area contributed by atoms with E-state index in [0.29, 0.717) is 12.1 Å². The predicted octanol–water partition coefficient (Wildman–Crippen LogP) is 0.761. The highest BCUT2D eigenvalue weighted by molar-refractivity contribution is 4.89. The van der Waals surface area contributed by atoms with Crippen LogP contribution in [-0.4, -0.2) is 72.9 Å². The Morgan fingerprint density at radius 2 is 2.17 bits per heavy atom. The van der Waals surface area contributed by atoms with Crippen molar-refractivity contribution in [1.82, 2.24) is 15.1 Å². The standard InChI is InChI=1S/C14H31N3O/c1-12(2)15-14(3,11-18)10-17(5)13-7-6-8-16(4)9-13/h12-13,15,18H,6-11H2,1-5H3. The molecule has 0 saturated carbocycles. The average molecular weight is 257 g/mol. The molecule has 0 amide bonds. The van der Waals surface area contributed by atoms with Crippen LogP contribution < -0.4 is 5.32 Å². The third-order valence-corrected chi connectivity index (χ3v) is 3.81. The number of aliphatic hydroxyl groups is 1. The van der Waals surface area contributed by atoms with Gasteiger partial charge in [-0.2, -0.15) is 0 Å². The maximum absolute atomic E-state index is 9.63. The lowest BCUT2D eigenvalue weighted by molar-refractivity contribution is 0.0765. The Labute approximate surface area is 112 Å². The van der Waals surface area contributed by atoms with Gasteiger partial charge in [0.25, 0.3) is 0 Å². The Hall–Kier alpha value is -0.160. The summed E-state index contributed by atoms with van der Waals surface area (Å²) in [4.78, 5) is 4.80. The van der Waals surface area contributed by atoms with E-state index in [0.717, 1.165) is 13.1 Å². The third-order valence-electron chi connectivity index (χ3n) is 3.81. The Morgan fingerprint density at radius 3 is 2.67 bits per heavy atom. The van der Waals surface area contributed by atoms with Crippen molar-refractivity contribution in [2.45, 2.75) is 51.2 Å². The van der Waals surface area contributed by atoms with Gasteiger partial charge < -0.3 is 20.2 Å². The van der Waals surface area contributed by atoms with Gasteiger partial charge in [0, 0.05) is 25.2 Å². The summed E-state index contributed by atoms with van der Waals surface area (Å²) in [6, 6.07) is 1.01. The summed E-state index contributed by atoms with van der Waals surface area (Å²) >= 11 is 0. The molecule has 0 aromatic rings. The van der Waals surface area contributed by atoms with E-state index in [1.54, 1.807) is 0 Å². The molecule has 0 bridgehead atoms. The van der Waals surface area contributed by atoms with Gasteiger partial charge in [-0.3, -0.25) is 0 Å². The van der Waals surface area contributed by atoms with Crippen molar-refractivity contribution >= 4 is 0 Å². The molecular formula is C14H31N3O. The Bertz CT molecular complexity index is 247. The smallest absolute Gasteiger partial charge is 0.0623 e. The molecule has 2 N–H and O–H groups in total. The second-order valence-corrected chi connectivity index (χ2v) is 6.49. The fraction of sp³-hybridized carbons (Fsp3) is 1.00. The second-order valence-electron chi connectivity index (χ2n) is 6.49. The lowest BCUT2D eigenvalue weighted by atomic mass is 9.98. The van der Waals surface area contributed by atoms with Crippen LogP contribution in [0.2, 0.25) is 0 Å². The van der Waals surface area contributed by atoms with Crippen LogP contribution in [0.1, 0.15) is 33.6 Å². The lowest BCUT2D eigenvalue weighted by Crippen LogP contribution is -2.58. The van der Waals surface area contributed by atoms with Crippen LogP contribution in [0.5, 0.6) is 0 Å². The van der Waals surface area contributed by atoms with Crippen molar-refractivity contribution in [3.8, 4) is 0 Å². The van der Waals surface area contributed by atoms with Crippen molar-refractivity contribution in [3.63, 3.8) is 0 Å². The van der Waals surface area contributed by atoms with E-state index in [-0.39, 0.29) is 12.1 Å². The Kier molecular flexibility index (Phi) is 6.05. The van der Waals surface area contributed by atoms with Crippen molar-refractivity contribution in [2.75, 3.05) is 40.3 Å².